The van der Waals surface area contributed by atoms with Crippen molar-refractivity contribution in [1.82, 2.24) is 15.6 Å². The molecule has 0 fully saturated rings. The Bertz CT molecular complexity index is 978. The second kappa shape index (κ2) is 8.05. The molecule has 0 aliphatic heterocycles. The maximum Gasteiger partial charge on any atom is 0.277 e. The van der Waals surface area contributed by atoms with Crippen molar-refractivity contribution in [2.45, 2.75) is 13.8 Å². The minimum atomic E-state index is -0.353. The molecule has 2 heterocycles. The SMILES string of the molecule is C/C(=N\NC(=O)c1cccnc1)c1ccc(NC(=O)c2cc(C)on2)cc1. The van der Waals surface area contributed by atoms with E-state index in [0.717, 1.165) is 5.56 Å². The minimum absolute atomic E-state index is 0.215. The molecule has 0 radical (unpaired) electrons. The number of nitrogens with one attached hydrogen (secondary N) is 2. The summed E-state index contributed by atoms with van der Waals surface area (Å²) in [5.41, 5.74) is 5.16. The summed E-state index contributed by atoms with van der Waals surface area (Å²) in [6, 6.07) is 12.0. The first-order chi connectivity index (χ1) is 13.0. The van der Waals surface area contributed by atoms with Gasteiger partial charge in [0.05, 0.1) is 11.3 Å². The van der Waals surface area contributed by atoms with Crippen molar-refractivity contribution in [3.63, 3.8) is 0 Å². The van der Waals surface area contributed by atoms with Crippen LogP contribution in [-0.4, -0.2) is 27.7 Å². The molecule has 0 aliphatic carbocycles. The lowest BCUT2D eigenvalue weighted by atomic mass is 10.1. The third kappa shape index (κ3) is 4.63. The Kier molecular flexibility index (Phi) is 5.36. The summed E-state index contributed by atoms with van der Waals surface area (Å²) in [6.45, 7) is 3.49. The van der Waals surface area contributed by atoms with E-state index in [1.807, 2.05) is 0 Å². The van der Waals surface area contributed by atoms with Crippen LogP contribution in [0.5, 0.6) is 0 Å². The van der Waals surface area contributed by atoms with Gasteiger partial charge >= 0.3 is 0 Å². The van der Waals surface area contributed by atoms with Crippen molar-refractivity contribution in [3.05, 3.63) is 77.4 Å². The fraction of sp³-hybridized carbons (Fsp3) is 0.105. The van der Waals surface area contributed by atoms with E-state index in [1.165, 1.54) is 6.20 Å². The first-order valence-electron chi connectivity index (χ1n) is 8.12. The van der Waals surface area contributed by atoms with E-state index in [1.54, 1.807) is 62.5 Å². The number of hydrogen-bond donors (Lipinski definition) is 2. The zero-order valence-electron chi connectivity index (χ0n) is 14.8. The molecular formula is C19H17N5O3. The molecule has 0 atom stereocenters. The maximum atomic E-state index is 12.0. The van der Waals surface area contributed by atoms with E-state index in [-0.39, 0.29) is 17.5 Å². The van der Waals surface area contributed by atoms with Crippen LogP contribution in [0.1, 0.15) is 39.1 Å². The molecule has 2 aromatic heterocycles. The molecule has 2 N–H and O–H groups in total. The van der Waals surface area contributed by atoms with Crippen LogP contribution in [0.25, 0.3) is 0 Å². The highest BCUT2D eigenvalue weighted by atomic mass is 16.5. The van der Waals surface area contributed by atoms with E-state index in [2.05, 4.69) is 26.0 Å². The summed E-state index contributed by atoms with van der Waals surface area (Å²) < 4.78 is 4.89. The van der Waals surface area contributed by atoms with Crippen LogP contribution < -0.4 is 10.7 Å². The fourth-order valence-electron chi connectivity index (χ4n) is 2.22. The van der Waals surface area contributed by atoms with Crippen LogP contribution in [-0.2, 0) is 0 Å². The topological polar surface area (TPSA) is 109 Å². The Morgan fingerprint density at radius 2 is 1.85 bits per heavy atom. The van der Waals surface area contributed by atoms with Gasteiger partial charge in [-0.1, -0.05) is 17.3 Å². The lowest BCUT2D eigenvalue weighted by Gasteiger charge is -2.06. The van der Waals surface area contributed by atoms with Crippen molar-refractivity contribution in [1.29, 1.82) is 0 Å². The standard InChI is InChI=1S/C19H17N5O3/c1-12-10-17(24-27-12)19(26)21-16-7-5-14(6-8-16)13(2)22-23-18(25)15-4-3-9-20-11-15/h3-11H,1-2H3,(H,21,26)(H,23,25)/b22-13+. The molecule has 1 aromatic carbocycles. The average molecular weight is 363 g/mol. The Morgan fingerprint density at radius 3 is 2.48 bits per heavy atom. The van der Waals surface area contributed by atoms with E-state index in [4.69, 9.17) is 4.52 Å². The second-order valence-electron chi connectivity index (χ2n) is 5.73. The molecule has 0 saturated heterocycles. The number of aromatic nitrogens is 2. The average Bonchev–Trinajstić information content (AvgIpc) is 3.13. The molecule has 0 bridgehead atoms. The molecule has 0 saturated carbocycles. The van der Waals surface area contributed by atoms with E-state index >= 15 is 0 Å². The Labute approximate surface area is 155 Å². The molecule has 0 unspecified atom stereocenters. The zero-order chi connectivity index (χ0) is 19.2. The van der Waals surface area contributed by atoms with Gasteiger partial charge in [0.2, 0.25) is 0 Å². The number of hydrogen-bond acceptors (Lipinski definition) is 6. The van der Waals surface area contributed by atoms with Gasteiger partial charge in [-0.3, -0.25) is 14.6 Å². The molecule has 27 heavy (non-hydrogen) atoms. The van der Waals surface area contributed by atoms with Crippen molar-refractivity contribution in [3.8, 4) is 0 Å². The number of nitrogens with zero attached hydrogens (tertiary/aromatic N) is 3. The molecule has 3 rings (SSSR count). The number of pyridine rings is 1. The van der Waals surface area contributed by atoms with Gasteiger partial charge in [-0.25, -0.2) is 5.43 Å². The maximum absolute atomic E-state index is 12.0. The smallest absolute Gasteiger partial charge is 0.277 e. The summed E-state index contributed by atoms with van der Waals surface area (Å²) in [5, 5.41) is 10.5. The second-order valence-corrected chi connectivity index (χ2v) is 5.73. The van der Waals surface area contributed by atoms with Gasteiger partial charge < -0.3 is 9.84 Å². The largest absolute Gasteiger partial charge is 0.361 e. The van der Waals surface area contributed by atoms with Crippen LogP contribution >= 0.6 is 0 Å². The molecular weight excluding hydrogens is 346 g/mol. The van der Waals surface area contributed by atoms with Gasteiger partial charge in [0.25, 0.3) is 11.8 Å². The zero-order valence-corrected chi connectivity index (χ0v) is 14.8. The third-order valence-corrected chi connectivity index (χ3v) is 3.67. The first-order valence-corrected chi connectivity index (χ1v) is 8.12. The van der Waals surface area contributed by atoms with Gasteiger partial charge in [-0.05, 0) is 43.7 Å². The van der Waals surface area contributed by atoms with Crippen molar-refractivity contribution in [2.24, 2.45) is 5.10 Å². The normalized spacial score (nSPS) is 11.1. The summed E-state index contributed by atoms with van der Waals surface area (Å²) in [7, 11) is 0. The fourth-order valence-corrected chi connectivity index (χ4v) is 2.22. The number of rotatable bonds is 5. The number of benzene rings is 1. The van der Waals surface area contributed by atoms with Crippen LogP contribution in [0.4, 0.5) is 5.69 Å². The molecule has 0 aliphatic rings. The molecule has 8 nitrogen and oxygen atoms in total. The highest BCUT2D eigenvalue weighted by Crippen LogP contribution is 2.12. The van der Waals surface area contributed by atoms with Gasteiger partial charge in [-0.2, -0.15) is 5.10 Å². The molecule has 2 amide bonds. The number of aryl methyl sites for hydroxylation is 1. The number of hydrazone groups is 1. The quantitative estimate of drug-likeness (QED) is 0.535. The minimum Gasteiger partial charge on any atom is -0.361 e. The summed E-state index contributed by atoms with van der Waals surface area (Å²) in [6.07, 6.45) is 3.06. The Hall–Kier alpha value is -3.81. The lowest BCUT2D eigenvalue weighted by Crippen LogP contribution is -2.19. The summed E-state index contributed by atoms with van der Waals surface area (Å²) in [5.74, 6) is -0.126. The van der Waals surface area contributed by atoms with E-state index in [9.17, 15) is 9.59 Å². The lowest BCUT2D eigenvalue weighted by molar-refractivity contribution is 0.0953. The summed E-state index contributed by atoms with van der Waals surface area (Å²) >= 11 is 0. The molecule has 0 spiro atoms. The third-order valence-electron chi connectivity index (χ3n) is 3.67. The van der Waals surface area contributed by atoms with Gasteiger partial charge in [0, 0.05) is 24.1 Å². The van der Waals surface area contributed by atoms with Crippen molar-refractivity contribution in [2.75, 3.05) is 5.32 Å². The highest BCUT2D eigenvalue weighted by Gasteiger charge is 2.11. The van der Waals surface area contributed by atoms with Crippen molar-refractivity contribution < 1.29 is 14.1 Å². The van der Waals surface area contributed by atoms with Gasteiger partial charge in [0.15, 0.2) is 5.69 Å². The summed E-state index contributed by atoms with van der Waals surface area (Å²) in [4.78, 5) is 27.9. The van der Waals surface area contributed by atoms with Gasteiger partial charge in [0.1, 0.15) is 5.76 Å². The van der Waals surface area contributed by atoms with Crippen LogP contribution in [0.3, 0.4) is 0 Å². The number of carbonyl (C=O) groups excluding carboxylic acids is 2. The van der Waals surface area contributed by atoms with E-state index < -0.39 is 0 Å². The first kappa shape index (κ1) is 18.0. The molecule has 3 aromatic rings. The van der Waals surface area contributed by atoms with Crippen LogP contribution in [0, 0.1) is 6.92 Å². The highest BCUT2D eigenvalue weighted by molar-refractivity contribution is 6.04. The van der Waals surface area contributed by atoms with Gasteiger partial charge in [-0.15, -0.1) is 0 Å². The monoisotopic (exact) mass is 363 g/mol. The number of anilines is 1. The van der Waals surface area contributed by atoms with Crippen LogP contribution in [0.2, 0.25) is 0 Å². The molecule has 8 heteroatoms. The van der Waals surface area contributed by atoms with Crippen LogP contribution in [0.15, 0.2) is 64.5 Å². The van der Waals surface area contributed by atoms with Crippen molar-refractivity contribution >= 4 is 23.2 Å². The predicted octanol–water partition coefficient (Wildman–Crippen LogP) is 2.78. The number of carbonyl (C=O) groups is 2. The predicted molar refractivity (Wildman–Crippen MR) is 99.5 cm³/mol. The Morgan fingerprint density at radius 1 is 1.07 bits per heavy atom. The Balaban J connectivity index is 1.62. The molecule has 136 valence electrons. The number of amides is 2. The van der Waals surface area contributed by atoms with E-state index in [0.29, 0.717) is 22.7 Å².